The summed E-state index contributed by atoms with van der Waals surface area (Å²) in [6.07, 6.45) is 0.434. The van der Waals surface area contributed by atoms with E-state index in [1.165, 1.54) is 16.7 Å². The van der Waals surface area contributed by atoms with Crippen molar-refractivity contribution < 1.29 is 14.7 Å². The number of rotatable bonds is 3. The quantitative estimate of drug-likeness (QED) is 0.816. The zero-order valence-electron chi connectivity index (χ0n) is 11.9. The van der Waals surface area contributed by atoms with Crippen LogP contribution < -0.4 is 5.73 Å². The third kappa shape index (κ3) is 1.97. The highest BCUT2D eigenvalue weighted by atomic mass is 32.2. The number of carbonyl (C=O) groups excluding carboxylic acids is 1. The van der Waals surface area contributed by atoms with E-state index >= 15 is 0 Å². The Morgan fingerprint density at radius 1 is 1.38 bits per heavy atom. The van der Waals surface area contributed by atoms with Gasteiger partial charge in [-0.3, -0.25) is 4.79 Å². The molecule has 0 unspecified atom stereocenters. The molecule has 2 heterocycles. The van der Waals surface area contributed by atoms with Crippen molar-refractivity contribution >= 4 is 23.6 Å². The molecule has 3 atom stereocenters. The molecule has 2 saturated heterocycles. The van der Waals surface area contributed by atoms with Crippen LogP contribution >= 0.6 is 11.8 Å². The van der Waals surface area contributed by atoms with Crippen LogP contribution in [0.4, 0.5) is 0 Å². The average Bonchev–Trinajstić information content (AvgIpc) is 2.69. The number of amides is 1. The van der Waals surface area contributed by atoms with Gasteiger partial charge in [-0.25, -0.2) is 4.79 Å². The van der Waals surface area contributed by atoms with E-state index in [1.807, 2.05) is 44.2 Å². The number of thioether (sulfide) groups is 1. The number of hydrogen-bond donors (Lipinski definition) is 2. The van der Waals surface area contributed by atoms with Crippen molar-refractivity contribution in [2.75, 3.05) is 0 Å². The number of nitrogens with two attached hydrogens (primary N) is 1. The topological polar surface area (TPSA) is 83.6 Å². The average molecular weight is 306 g/mol. The molecule has 0 aromatic heterocycles. The Morgan fingerprint density at radius 3 is 2.57 bits per heavy atom. The third-order valence-electron chi connectivity index (χ3n) is 4.25. The van der Waals surface area contributed by atoms with Crippen LogP contribution in [0.25, 0.3) is 0 Å². The zero-order valence-corrected chi connectivity index (χ0v) is 12.8. The second-order valence-corrected chi connectivity index (χ2v) is 7.96. The molecule has 3 rings (SSSR count). The van der Waals surface area contributed by atoms with Crippen molar-refractivity contribution in [3.05, 3.63) is 35.9 Å². The number of nitrogens with zero attached hydrogens (tertiary/aromatic N) is 1. The molecular formula is C15H18N2O3S. The van der Waals surface area contributed by atoms with Gasteiger partial charge >= 0.3 is 5.97 Å². The van der Waals surface area contributed by atoms with E-state index in [4.69, 9.17) is 5.73 Å². The lowest BCUT2D eigenvalue weighted by Gasteiger charge is -2.51. The summed E-state index contributed by atoms with van der Waals surface area (Å²) in [7, 11) is 0. The molecule has 2 aliphatic heterocycles. The summed E-state index contributed by atoms with van der Waals surface area (Å²) in [5.74, 6) is -1.23. The van der Waals surface area contributed by atoms with Crippen LogP contribution in [-0.2, 0) is 16.0 Å². The SMILES string of the molecule is CC1(C)S[C@H]2N(C(=O)[C@@]2(N)Cc2ccccc2)[C@H]1C(=O)O. The van der Waals surface area contributed by atoms with Gasteiger partial charge in [0.2, 0.25) is 5.91 Å². The van der Waals surface area contributed by atoms with Crippen LogP contribution in [0.5, 0.6) is 0 Å². The van der Waals surface area contributed by atoms with Crippen LogP contribution in [-0.4, -0.2) is 43.6 Å². The monoisotopic (exact) mass is 306 g/mol. The van der Waals surface area contributed by atoms with E-state index < -0.39 is 22.3 Å². The maximum absolute atomic E-state index is 12.5. The smallest absolute Gasteiger partial charge is 0.327 e. The molecule has 0 saturated carbocycles. The summed E-state index contributed by atoms with van der Waals surface area (Å²) < 4.78 is -0.538. The molecule has 0 bridgehead atoms. The summed E-state index contributed by atoms with van der Waals surface area (Å²) >= 11 is 1.48. The molecule has 21 heavy (non-hydrogen) atoms. The molecule has 0 aliphatic carbocycles. The summed E-state index contributed by atoms with van der Waals surface area (Å²) in [6, 6.07) is 8.78. The van der Waals surface area contributed by atoms with Crippen LogP contribution in [0.1, 0.15) is 19.4 Å². The van der Waals surface area contributed by atoms with E-state index in [0.717, 1.165) is 5.56 Å². The highest BCUT2D eigenvalue weighted by Gasteiger charge is 2.69. The first-order valence-corrected chi connectivity index (χ1v) is 7.71. The molecule has 0 spiro atoms. The van der Waals surface area contributed by atoms with Gasteiger partial charge < -0.3 is 15.7 Å². The Kier molecular flexibility index (Phi) is 3.07. The molecule has 5 nitrogen and oxygen atoms in total. The molecule has 1 aromatic rings. The minimum absolute atomic E-state index is 0.262. The lowest BCUT2D eigenvalue weighted by Crippen LogP contribution is -2.78. The Hall–Kier alpha value is -1.53. The fourth-order valence-corrected chi connectivity index (χ4v) is 4.89. The molecule has 2 fully saturated rings. The summed E-state index contributed by atoms with van der Waals surface area (Å²) in [5, 5.41) is 9.12. The van der Waals surface area contributed by atoms with E-state index in [1.54, 1.807) is 0 Å². The fraction of sp³-hybridized carbons (Fsp3) is 0.467. The minimum atomic E-state index is -1.01. The van der Waals surface area contributed by atoms with Gasteiger partial charge in [0.1, 0.15) is 17.0 Å². The van der Waals surface area contributed by atoms with Crippen molar-refractivity contribution in [1.29, 1.82) is 0 Å². The molecule has 3 N–H and O–H groups in total. The zero-order chi connectivity index (χ0) is 15.4. The number of carboxylic acid groups (broad SMARTS) is 1. The fourth-order valence-electron chi connectivity index (χ4n) is 3.25. The van der Waals surface area contributed by atoms with Gasteiger partial charge in [-0.1, -0.05) is 30.3 Å². The highest BCUT2D eigenvalue weighted by molar-refractivity contribution is 8.01. The maximum Gasteiger partial charge on any atom is 0.327 e. The number of benzene rings is 1. The van der Waals surface area contributed by atoms with Crippen molar-refractivity contribution in [3.8, 4) is 0 Å². The van der Waals surface area contributed by atoms with Crippen LogP contribution in [0.15, 0.2) is 30.3 Å². The molecule has 2 aliphatic rings. The Bertz CT molecular complexity index is 604. The van der Waals surface area contributed by atoms with Gasteiger partial charge in [-0.2, -0.15) is 0 Å². The standard InChI is InChI=1S/C15H18N2O3S/c1-14(2)10(11(18)19)17-12(20)15(16,13(17)21-14)8-9-6-4-3-5-7-9/h3-7,10,13H,8,16H2,1-2H3,(H,18,19)/t10-,13+,15-/m0/s1. The van der Waals surface area contributed by atoms with E-state index in [2.05, 4.69) is 0 Å². The number of fused-ring (bicyclic) bond motifs is 1. The van der Waals surface area contributed by atoms with Gasteiger partial charge in [0.15, 0.2) is 0 Å². The van der Waals surface area contributed by atoms with E-state index in [9.17, 15) is 14.7 Å². The van der Waals surface area contributed by atoms with Crippen molar-refractivity contribution in [2.24, 2.45) is 5.73 Å². The van der Waals surface area contributed by atoms with Crippen LogP contribution in [0, 0.1) is 0 Å². The number of carbonyl (C=O) groups is 2. The molecule has 1 aromatic carbocycles. The number of β-lactam (4-membered cyclic amide) rings is 1. The van der Waals surface area contributed by atoms with Crippen LogP contribution in [0.2, 0.25) is 0 Å². The van der Waals surface area contributed by atoms with Gasteiger partial charge in [-0.05, 0) is 19.4 Å². The molecule has 112 valence electrons. The summed E-state index contributed by atoms with van der Waals surface area (Å²) in [5.41, 5.74) is 6.33. The minimum Gasteiger partial charge on any atom is -0.480 e. The Morgan fingerprint density at radius 2 is 2.00 bits per heavy atom. The molecule has 6 heteroatoms. The summed E-state index contributed by atoms with van der Waals surface area (Å²) in [6.45, 7) is 3.70. The lowest BCUT2D eigenvalue weighted by atomic mass is 9.80. The second-order valence-electron chi connectivity index (χ2n) is 6.23. The molecule has 1 amide bonds. The van der Waals surface area contributed by atoms with Gasteiger partial charge in [-0.15, -0.1) is 11.8 Å². The first-order chi connectivity index (χ1) is 9.77. The van der Waals surface area contributed by atoms with Crippen molar-refractivity contribution in [1.82, 2.24) is 4.90 Å². The predicted octanol–water partition coefficient (Wildman–Crippen LogP) is 1.07. The number of hydrogen-bond acceptors (Lipinski definition) is 4. The first-order valence-electron chi connectivity index (χ1n) is 6.83. The van der Waals surface area contributed by atoms with E-state index in [-0.39, 0.29) is 11.3 Å². The summed E-state index contributed by atoms with van der Waals surface area (Å²) in [4.78, 5) is 25.4. The number of carboxylic acids is 1. The second kappa shape index (κ2) is 4.48. The van der Waals surface area contributed by atoms with Crippen molar-refractivity contribution in [3.63, 3.8) is 0 Å². The molecule has 0 radical (unpaired) electrons. The maximum atomic E-state index is 12.5. The Labute approximate surface area is 127 Å². The van der Waals surface area contributed by atoms with E-state index in [0.29, 0.717) is 6.42 Å². The van der Waals surface area contributed by atoms with Crippen molar-refractivity contribution in [2.45, 2.75) is 42.0 Å². The van der Waals surface area contributed by atoms with Crippen LogP contribution in [0.3, 0.4) is 0 Å². The highest BCUT2D eigenvalue weighted by Crippen LogP contribution is 2.54. The predicted molar refractivity (Wildman–Crippen MR) is 80.8 cm³/mol. The first kappa shape index (κ1) is 14.4. The van der Waals surface area contributed by atoms with Gasteiger partial charge in [0.05, 0.1) is 0 Å². The Balaban J connectivity index is 1.89. The normalized spacial score (nSPS) is 33.5. The third-order valence-corrected chi connectivity index (χ3v) is 5.95. The largest absolute Gasteiger partial charge is 0.480 e. The molecular weight excluding hydrogens is 288 g/mol. The number of aliphatic carboxylic acids is 1. The van der Waals surface area contributed by atoms with Gasteiger partial charge in [0, 0.05) is 11.2 Å². The van der Waals surface area contributed by atoms with Gasteiger partial charge in [0.25, 0.3) is 0 Å². The lowest BCUT2D eigenvalue weighted by molar-refractivity contribution is -0.165.